The average Bonchev–Trinajstić information content (AvgIpc) is 2.74. The predicted molar refractivity (Wildman–Crippen MR) is 119 cm³/mol. The van der Waals surface area contributed by atoms with Gasteiger partial charge >= 0.3 is 51.4 Å². The minimum absolute atomic E-state index is 0. The summed E-state index contributed by atoms with van der Waals surface area (Å²) in [5, 5.41) is 13.8. The molecule has 162 valence electrons. The number of Topliss-reactive ketones (excluding diaryl/α,β-unsaturated/α-hetero) is 3. The number of carbonyl (C=O) groups excluding carboxylic acids is 3. The molecule has 2 aliphatic rings. The standard InChI is InChI=1S/C27H30O4.K/c1-6-12-19-17-26(15-7-2)22(29)20(21(28)18-13-10-9-11-14-18)23(30)27(16-8-3,24(26)31)25(19,4)5;/h6-11,13-14,19,29H,1-3,12,15-17H2,4-5H3;/q;+1/p-1/t19-,26+,27-;/m0./s1. The number of fused-ring (bicyclic) bond motifs is 2. The van der Waals surface area contributed by atoms with Crippen LogP contribution < -0.4 is 56.5 Å². The van der Waals surface area contributed by atoms with Crippen LogP contribution in [0, 0.1) is 22.2 Å². The van der Waals surface area contributed by atoms with Crippen LogP contribution in [0.4, 0.5) is 0 Å². The fourth-order valence-electron chi connectivity index (χ4n) is 5.66. The van der Waals surface area contributed by atoms with Crippen molar-refractivity contribution in [1.29, 1.82) is 0 Å². The Bertz CT molecular complexity index is 1000. The van der Waals surface area contributed by atoms with Gasteiger partial charge in [0.25, 0.3) is 0 Å². The molecule has 0 spiro atoms. The van der Waals surface area contributed by atoms with Gasteiger partial charge in [-0.2, -0.15) is 0 Å². The summed E-state index contributed by atoms with van der Waals surface area (Å²) >= 11 is 0. The summed E-state index contributed by atoms with van der Waals surface area (Å²) in [6, 6.07) is 8.27. The Kier molecular flexibility index (Phi) is 8.28. The number of carbonyl (C=O) groups is 3. The minimum Gasteiger partial charge on any atom is -0.874 e. The molecule has 0 saturated heterocycles. The first-order chi connectivity index (χ1) is 14.7. The molecule has 1 fully saturated rings. The zero-order valence-corrected chi connectivity index (χ0v) is 22.4. The second-order valence-electron chi connectivity index (χ2n) is 9.18. The summed E-state index contributed by atoms with van der Waals surface area (Å²) in [5.74, 6) is -2.49. The molecule has 4 nitrogen and oxygen atoms in total. The molecule has 0 amide bonds. The third kappa shape index (κ3) is 3.63. The summed E-state index contributed by atoms with van der Waals surface area (Å²) in [6.45, 7) is 15.2. The van der Waals surface area contributed by atoms with E-state index in [1.807, 2.05) is 13.8 Å². The van der Waals surface area contributed by atoms with Crippen molar-refractivity contribution >= 4 is 17.3 Å². The molecular formula is C27H29KO4. The van der Waals surface area contributed by atoms with E-state index in [1.165, 1.54) is 6.08 Å². The van der Waals surface area contributed by atoms with Gasteiger partial charge in [0.1, 0.15) is 5.41 Å². The Morgan fingerprint density at radius 2 is 1.66 bits per heavy atom. The first-order valence-electron chi connectivity index (χ1n) is 10.6. The van der Waals surface area contributed by atoms with Crippen LogP contribution in [0.2, 0.25) is 0 Å². The van der Waals surface area contributed by atoms with Gasteiger partial charge in [0.05, 0.1) is 5.57 Å². The number of hydrogen-bond acceptors (Lipinski definition) is 4. The number of hydrogen-bond donors (Lipinski definition) is 0. The maximum Gasteiger partial charge on any atom is 1.00 e. The van der Waals surface area contributed by atoms with E-state index in [4.69, 9.17) is 0 Å². The number of allylic oxidation sites excluding steroid dienone is 5. The molecule has 0 N–H and O–H groups in total. The molecule has 0 aromatic heterocycles. The van der Waals surface area contributed by atoms with Crippen molar-refractivity contribution in [2.45, 2.75) is 39.5 Å². The molecule has 0 heterocycles. The van der Waals surface area contributed by atoms with Gasteiger partial charge in [-0.25, -0.2) is 0 Å². The van der Waals surface area contributed by atoms with Gasteiger partial charge in [-0.05, 0) is 37.0 Å². The van der Waals surface area contributed by atoms with Gasteiger partial charge < -0.3 is 5.11 Å². The Morgan fingerprint density at radius 3 is 2.19 bits per heavy atom. The molecule has 0 aliphatic heterocycles. The SMILES string of the molecule is C=CC[C@H]1C[C@@]2(CC=C)C(=O)[C@](CC=C)(C(=O)C(C(=O)c3ccccc3)=C2[O-])C1(C)C.[K+]. The van der Waals surface area contributed by atoms with Crippen molar-refractivity contribution in [1.82, 2.24) is 0 Å². The second kappa shape index (κ2) is 9.86. The predicted octanol–water partition coefficient (Wildman–Crippen LogP) is 1.39. The Hall–Kier alpha value is -1.37. The van der Waals surface area contributed by atoms with Crippen LogP contribution in [0.15, 0.2) is 79.6 Å². The Balaban J connectivity index is 0.00000363. The smallest absolute Gasteiger partial charge is 0.874 e. The van der Waals surface area contributed by atoms with E-state index in [9.17, 15) is 19.5 Å². The molecule has 5 heteroatoms. The molecule has 0 radical (unpaired) electrons. The van der Waals surface area contributed by atoms with E-state index in [0.29, 0.717) is 6.42 Å². The van der Waals surface area contributed by atoms with E-state index >= 15 is 0 Å². The molecule has 2 aliphatic carbocycles. The molecule has 2 bridgehead atoms. The molecule has 3 rings (SSSR count). The third-order valence-corrected chi connectivity index (χ3v) is 7.47. The summed E-state index contributed by atoms with van der Waals surface area (Å²) in [7, 11) is 0. The summed E-state index contributed by atoms with van der Waals surface area (Å²) in [6.07, 6.45) is 5.82. The summed E-state index contributed by atoms with van der Waals surface area (Å²) in [5.41, 5.74) is -3.93. The molecule has 1 saturated carbocycles. The van der Waals surface area contributed by atoms with Crippen molar-refractivity contribution in [3.63, 3.8) is 0 Å². The molecule has 3 atom stereocenters. The van der Waals surface area contributed by atoms with Crippen LogP contribution in [0.1, 0.15) is 49.9 Å². The summed E-state index contributed by atoms with van der Waals surface area (Å²) in [4.78, 5) is 41.4. The molecule has 1 aromatic carbocycles. The van der Waals surface area contributed by atoms with Crippen molar-refractivity contribution in [2.24, 2.45) is 22.2 Å². The quantitative estimate of drug-likeness (QED) is 0.195. The zero-order chi connectivity index (χ0) is 23.0. The maximum atomic E-state index is 14.0. The van der Waals surface area contributed by atoms with Crippen LogP contribution in [0.5, 0.6) is 0 Å². The molecule has 32 heavy (non-hydrogen) atoms. The summed E-state index contributed by atoms with van der Waals surface area (Å²) < 4.78 is 0. The van der Waals surface area contributed by atoms with Crippen molar-refractivity contribution in [3.8, 4) is 0 Å². The van der Waals surface area contributed by atoms with Gasteiger partial charge in [-0.15, -0.1) is 25.5 Å². The average molecular weight is 457 g/mol. The van der Waals surface area contributed by atoms with Crippen LogP contribution in [-0.4, -0.2) is 17.3 Å². The van der Waals surface area contributed by atoms with E-state index in [2.05, 4.69) is 19.7 Å². The fraction of sp³-hybridized carbons (Fsp3) is 0.370. The second-order valence-corrected chi connectivity index (χ2v) is 9.18. The van der Waals surface area contributed by atoms with Crippen molar-refractivity contribution in [3.05, 3.63) is 85.2 Å². The Morgan fingerprint density at radius 1 is 1.06 bits per heavy atom. The van der Waals surface area contributed by atoms with E-state index in [-0.39, 0.29) is 87.7 Å². The first-order valence-corrected chi connectivity index (χ1v) is 10.6. The zero-order valence-electron chi connectivity index (χ0n) is 19.3. The molecular weight excluding hydrogens is 427 g/mol. The molecule has 1 aromatic rings. The van der Waals surface area contributed by atoms with Crippen LogP contribution in [0.3, 0.4) is 0 Å². The van der Waals surface area contributed by atoms with Gasteiger partial charge in [-0.1, -0.05) is 62.4 Å². The first kappa shape index (κ1) is 26.9. The van der Waals surface area contributed by atoms with Gasteiger partial charge in [-0.3, -0.25) is 14.4 Å². The minimum atomic E-state index is -1.53. The normalized spacial score (nSPS) is 28.5. The third-order valence-electron chi connectivity index (χ3n) is 7.47. The van der Waals surface area contributed by atoms with Crippen LogP contribution in [0.25, 0.3) is 0 Å². The number of ketones is 3. The van der Waals surface area contributed by atoms with Gasteiger partial charge in [0.2, 0.25) is 0 Å². The largest absolute Gasteiger partial charge is 1.00 e. The van der Waals surface area contributed by atoms with Crippen molar-refractivity contribution < 1.29 is 70.9 Å². The van der Waals surface area contributed by atoms with E-state index < -0.39 is 39.4 Å². The monoisotopic (exact) mass is 456 g/mol. The van der Waals surface area contributed by atoms with Crippen LogP contribution >= 0.6 is 0 Å². The van der Waals surface area contributed by atoms with Gasteiger partial charge in [0, 0.05) is 11.0 Å². The van der Waals surface area contributed by atoms with Gasteiger partial charge in [0.15, 0.2) is 17.3 Å². The van der Waals surface area contributed by atoms with Crippen molar-refractivity contribution in [2.75, 3.05) is 0 Å². The topological polar surface area (TPSA) is 74.3 Å². The Labute approximate surface area is 233 Å². The fourth-order valence-corrected chi connectivity index (χ4v) is 5.66. The van der Waals surface area contributed by atoms with E-state index in [1.54, 1.807) is 42.5 Å². The molecule has 0 unspecified atom stereocenters. The van der Waals surface area contributed by atoms with Crippen LogP contribution in [-0.2, 0) is 9.59 Å². The maximum absolute atomic E-state index is 14.0. The number of rotatable bonds is 8. The van der Waals surface area contributed by atoms with E-state index in [0.717, 1.165) is 0 Å². The number of benzene rings is 1.